The first kappa shape index (κ1) is 12.8. The first-order valence-corrected chi connectivity index (χ1v) is 6.67. The van der Waals surface area contributed by atoms with E-state index in [-0.39, 0.29) is 5.92 Å². The van der Waals surface area contributed by atoms with Crippen LogP contribution in [0.5, 0.6) is 0 Å². The minimum Gasteiger partial charge on any atom is -0.341 e. The zero-order valence-corrected chi connectivity index (χ0v) is 10.4. The summed E-state index contributed by atoms with van der Waals surface area (Å²) in [6, 6.07) is 0. The summed E-state index contributed by atoms with van der Waals surface area (Å²) in [5, 5.41) is 0. The second-order valence-electron chi connectivity index (χ2n) is 4.35. The van der Waals surface area contributed by atoms with Gasteiger partial charge in [0.1, 0.15) is 0 Å². The second-order valence-corrected chi connectivity index (χ2v) is 4.73. The highest BCUT2D eigenvalue weighted by Gasteiger charge is 2.24. The Bertz CT molecular complexity index is 184. The lowest BCUT2D eigenvalue weighted by molar-refractivity contribution is -0.136. The number of rotatable bonds is 5. The van der Waals surface area contributed by atoms with Crippen molar-refractivity contribution in [3.05, 3.63) is 0 Å². The smallest absolute Gasteiger partial charge is 0.225 e. The Hall–Kier alpha value is -0.240. The van der Waals surface area contributed by atoms with Crippen LogP contribution in [0.3, 0.4) is 0 Å². The summed E-state index contributed by atoms with van der Waals surface area (Å²) in [6.45, 7) is 3.68. The van der Waals surface area contributed by atoms with Gasteiger partial charge in [-0.15, -0.1) is 11.6 Å². The number of hydrogen-bond donors (Lipinski definition) is 0. The third-order valence-electron chi connectivity index (χ3n) is 3.11. The SMILES string of the molecule is CCCN(CCCl)C(=O)C1CCCCC1. The fraction of sp³-hybridized carbons (Fsp3) is 0.917. The summed E-state index contributed by atoms with van der Waals surface area (Å²) in [5.41, 5.74) is 0. The van der Waals surface area contributed by atoms with E-state index in [1.807, 2.05) is 4.90 Å². The van der Waals surface area contributed by atoms with Gasteiger partial charge in [-0.25, -0.2) is 0 Å². The topological polar surface area (TPSA) is 20.3 Å². The van der Waals surface area contributed by atoms with E-state index in [0.29, 0.717) is 18.3 Å². The number of hydrogen-bond acceptors (Lipinski definition) is 1. The molecule has 1 aliphatic rings. The highest BCUT2D eigenvalue weighted by molar-refractivity contribution is 6.18. The van der Waals surface area contributed by atoms with E-state index >= 15 is 0 Å². The van der Waals surface area contributed by atoms with E-state index in [9.17, 15) is 4.79 Å². The Morgan fingerprint density at radius 2 is 1.93 bits per heavy atom. The number of alkyl halides is 1. The molecular formula is C12H22ClNO. The fourth-order valence-electron chi connectivity index (χ4n) is 2.31. The molecule has 1 fully saturated rings. The normalized spacial score (nSPS) is 17.7. The molecule has 1 amide bonds. The van der Waals surface area contributed by atoms with E-state index in [1.165, 1.54) is 19.3 Å². The number of nitrogens with zero attached hydrogens (tertiary/aromatic N) is 1. The van der Waals surface area contributed by atoms with Gasteiger partial charge in [0.15, 0.2) is 0 Å². The van der Waals surface area contributed by atoms with Crippen LogP contribution < -0.4 is 0 Å². The molecule has 0 aromatic carbocycles. The molecule has 0 atom stereocenters. The van der Waals surface area contributed by atoms with Crippen LogP contribution in [0.1, 0.15) is 45.4 Å². The highest BCUT2D eigenvalue weighted by Crippen LogP contribution is 2.25. The van der Waals surface area contributed by atoms with Gasteiger partial charge in [-0.05, 0) is 19.3 Å². The summed E-state index contributed by atoms with van der Waals surface area (Å²) in [7, 11) is 0. The minimum absolute atomic E-state index is 0.286. The van der Waals surface area contributed by atoms with Crippen molar-refractivity contribution in [1.29, 1.82) is 0 Å². The molecule has 3 heteroatoms. The molecule has 1 saturated carbocycles. The Kier molecular flexibility index (Phi) is 6.07. The molecule has 0 aromatic heterocycles. The Morgan fingerprint density at radius 1 is 1.27 bits per heavy atom. The zero-order valence-electron chi connectivity index (χ0n) is 9.67. The van der Waals surface area contributed by atoms with E-state index in [0.717, 1.165) is 25.8 Å². The average Bonchev–Trinajstić information content (AvgIpc) is 2.29. The lowest BCUT2D eigenvalue weighted by Gasteiger charge is -2.28. The van der Waals surface area contributed by atoms with E-state index in [4.69, 9.17) is 11.6 Å². The van der Waals surface area contributed by atoms with Crippen LogP contribution in [0, 0.1) is 5.92 Å². The predicted octanol–water partition coefficient (Wildman–Crippen LogP) is 3.04. The van der Waals surface area contributed by atoms with E-state index in [1.54, 1.807) is 0 Å². The summed E-state index contributed by atoms with van der Waals surface area (Å²) in [5.74, 6) is 1.18. The van der Waals surface area contributed by atoms with Crippen molar-refractivity contribution in [1.82, 2.24) is 4.90 Å². The predicted molar refractivity (Wildman–Crippen MR) is 64.2 cm³/mol. The maximum Gasteiger partial charge on any atom is 0.225 e. The summed E-state index contributed by atoms with van der Waals surface area (Å²) >= 11 is 5.72. The Balaban J connectivity index is 2.45. The fourth-order valence-corrected chi connectivity index (χ4v) is 2.52. The van der Waals surface area contributed by atoms with Crippen molar-refractivity contribution in [3.8, 4) is 0 Å². The largest absolute Gasteiger partial charge is 0.341 e. The molecule has 0 heterocycles. The second kappa shape index (κ2) is 7.10. The molecule has 0 N–H and O–H groups in total. The van der Waals surface area contributed by atoms with Crippen LogP contribution in [0.2, 0.25) is 0 Å². The molecule has 0 aliphatic heterocycles. The monoisotopic (exact) mass is 231 g/mol. The molecule has 0 spiro atoms. The molecule has 2 nitrogen and oxygen atoms in total. The molecule has 1 aliphatic carbocycles. The van der Waals surface area contributed by atoms with Gasteiger partial charge >= 0.3 is 0 Å². The summed E-state index contributed by atoms with van der Waals surface area (Å²) in [4.78, 5) is 14.1. The van der Waals surface area contributed by atoms with Crippen LogP contribution in [0.15, 0.2) is 0 Å². The average molecular weight is 232 g/mol. The molecule has 1 rings (SSSR count). The minimum atomic E-state index is 0.286. The molecular weight excluding hydrogens is 210 g/mol. The molecule has 15 heavy (non-hydrogen) atoms. The van der Waals surface area contributed by atoms with E-state index in [2.05, 4.69) is 6.92 Å². The van der Waals surface area contributed by atoms with Gasteiger partial charge in [0.2, 0.25) is 5.91 Å². The Labute approximate surface area is 98.0 Å². The molecule has 88 valence electrons. The van der Waals surface area contributed by atoms with Crippen molar-refractivity contribution in [2.45, 2.75) is 45.4 Å². The maximum absolute atomic E-state index is 12.1. The van der Waals surface area contributed by atoms with Gasteiger partial charge in [0.05, 0.1) is 0 Å². The number of carbonyl (C=O) groups is 1. The van der Waals surface area contributed by atoms with Crippen LogP contribution in [0.4, 0.5) is 0 Å². The molecule has 0 radical (unpaired) electrons. The lowest BCUT2D eigenvalue weighted by atomic mass is 9.88. The summed E-state index contributed by atoms with van der Waals surface area (Å²) in [6.07, 6.45) is 6.93. The zero-order chi connectivity index (χ0) is 11.1. The first-order valence-electron chi connectivity index (χ1n) is 6.14. The van der Waals surface area contributed by atoms with Crippen molar-refractivity contribution in [2.24, 2.45) is 5.92 Å². The molecule has 0 unspecified atom stereocenters. The first-order chi connectivity index (χ1) is 7.29. The van der Waals surface area contributed by atoms with E-state index < -0.39 is 0 Å². The maximum atomic E-state index is 12.1. The Morgan fingerprint density at radius 3 is 2.47 bits per heavy atom. The molecule has 0 aromatic rings. The van der Waals surface area contributed by atoms with Crippen molar-refractivity contribution < 1.29 is 4.79 Å². The summed E-state index contributed by atoms with van der Waals surface area (Å²) < 4.78 is 0. The van der Waals surface area contributed by atoms with Gasteiger partial charge < -0.3 is 4.90 Å². The van der Waals surface area contributed by atoms with Crippen molar-refractivity contribution in [2.75, 3.05) is 19.0 Å². The van der Waals surface area contributed by atoms with Crippen LogP contribution in [-0.4, -0.2) is 29.8 Å². The van der Waals surface area contributed by atoms with Gasteiger partial charge in [0, 0.05) is 24.9 Å². The van der Waals surface area contributed by atoms with Gasteiger partial charge in [-0.3, -0.25) is 4.79 Å². The van der Waals surface area contributed by atoms with Crippen molar-refractivity contribution >= 4 is 17.5 Å². The van der Waals surface area contributed by atoms with Crippen LogP contribution in [-0.2, 0) is 4.79 Å². The molecule has 0 saturated heterocycles. The third-order valence-corrected chi connectivity index (χ3v) is 3.28. The molecule has 0 bridgehead atoms. The quantitative estimate of drug-likeness (QED) is 0.666. The van der Waals surface area contributed by atoms with Crippen molar-refractivity contribution in [3.63, 3.8) is 0 Å². The highest BCUT2D eigenvalue weighted by atomic mass is 35.5. The van der Waals surface area contributed by atoms with Crippen LogP contribution >= 0.6 is 11.6 Å². The number of amides is 1. The van der Waals surface area contributed by atoms with Gasteiger partial charge in [-0.2, -0.15) is 0 Å². The van der Waals surface area contributed by atoms with Gasteiger partial charge in [-0.1, -0.05) is 26.2 Å². The lowest BCUT2D eigenvalue weighted by Crippen LogP contribution is -2.38. The van der Waals surface area contributed by atoms with Crippen LogP contribution in [0.25, 0.3) is 0 Å². The standard InChI is InChI=1S/C12H22ClNO/c1-2-9-14(10-8-13)12(15)11-6-4-3-5-7-11/h11H,2-10H2,1H3. The third kappa shape index (κ3) is 4.02. The van der Waals surface area contributed by atoms with Gasteiger partial charge in [0.25, 0.3) is 0 Å². The number of carbonyl (C=O) groups excluding carboxylic acids is 1. The number of halogens is 1.